The quantitative estimate of drug-likeness (QED) is 0.0424. The van der Waals surface area contributed by atoms with Crippen LogP contribution in [0.5, 0.6) is 0 Å². The van der Waals surface area contributed by atoms with Crippen LogP contribution in [0.15, 0.2) is 40.4 Å². The Morgan fingerprint density at radius 2 is 1.33 bits per heavy atom. The van der Waals surface area contributed by atoms with E-state index >= 15 is 0 Å². The minimum Gasteiger partial charge on any atom is -0.481 e. The number of para-hydroxylation sites is 1. The highest BCUT2D eigenvalue weighted by molar-refractivity contribution is 5.95. The molecule has 45 heavy (non-hydrogen) atoms. The number of aromatic nitrogens is 1. The van der Waals surface area contributed by atoms with E-state index in [2.05, 4.69) is 30.9 Å². The van der Waals surface area contributed by atoms with E-state index in [1.54, 1.807) is 24.4 Å². The Morgan fingerprint density at radius 3 is 1.93 bits per heavy atom. The van der Waals surface area contributed by atoms with Gasteiger partial charge in [0.1, 0.15) is 18.1 Å². The van der Waals surface area contributed by atoms with Crippen LogP contribution in [-0.4, -0.2) is 94.0 Å². The summed E-state index contributed by atoms with van der Waals surface area (Å²) in [4.78, 5) is 73.4. The zero-order valence-electron chi connectivity index (χ0n) is 24.6. The van der Waals surface area contributed by atoms with Crippen molar-refractivity contribution in [1.82, 2.24) is 20.9 Å². The number of carbonyl (C=O) groups is 5. The van der Waals surface area contributed by atoms with Crippen molar-refractivity contribution < 1.29 is 34.2 Å². The third kappa shape index (κ3) is 12.4. The second-order valence-corrected chi connectivity index (χ2v) is 10.2. The van der Waals surface area contributed by atoms with Crippen LogP contribution >= 0.6 is 0 Å². The number of amides is 3. The molecule has 18 nitrogen and oxygen atoms in total. The lowest BCUT2D eigenvalue weighted by molar-refractivity contribution is -0.147. The lowest BCUT2D eigenvalue weighted by atomic mass is 10.0. The van der Waals surface area contributed by atoms with E-state index in [0.717, 1.165) is 10.9 Å². The van der Waals surface area contributed by atoms with Crippen LogP contribution in [0.25, 0.3) is 10.9 Å². The predicted molar refractivity (Wildman–Crippen MR) is 165 cm³/mol. The summed E-state index contributed by atoms with van der Waals surface area (Å²) >= 11 is 0. The SMILES string of the molecule is NC(N)=NCCCC(N)C(=O)NC(CCCN=C(N)N)C(=O)NC(Cc1c[nH]c2ccccc12)C(=O)NC(CC(=O)O)C(=O)O. The summed E-state index contributed by atoms with van der Waals surface area (Å²) in [7, 11) is 0. The number of H-pyrrole nitrogens is 1. The molecule has 16 N–H and O–H groups in total. The molecule has 3 amide bonds. The Kier molecular flexibility index (Phi) is 14.1. The number of nitrogens with zero attached hydrogens (tertiary/aromatic N) is 2. The van der Waals surface area contributed by atoms with E-state index < -0.39 is 60.2 Å². The Balaban J connectivity index is 2.30. The second-order valence-electron chi connectivity index (χ2n) is 10.2. The third-order valence-corrected chi connectivity index (χ3v) is 6.61. The van der Waals surface area contributed by atoms with E-state index in [4.69, 9.17) is 33.8 Å². The van der Waals surface area contributed by atoms with Crippen molar-refractivity contribution in [2.24, 2.45) is 38.7 Å². The Morgan fingerprint density at radius 1 is 0.778 bits per heavy atom. The van der Waals surface area contributed by atoms with Crippen molar-refractivity contribution in [3.05, 3.63) is 36.0 Å². The summed E-state index contributed by atoms with van der Waals surface area (Å²) in [6, 6.07) is 1.87. The molecule has 0 saturated heterocycles. The van der Waals surface area contributed by atoms with Gasteiger partial charge in [0.2, 0.25) is 17.7 Å². The van der Waals surface area contributed by atoms with Gasteiger partial charge in [-0.25, -0.2) is 4.79 Å². The molecule has 0 radical (unpaired) electrons. The van der Waals surface area contributed by atoms with Crippen LogP contribution < -0.4 is 44.6 Å². The lowest BCUT2D eigenvalue weighted by Crippen LogP contribution is -2.57. The number of aromatic amines is 1. The first-order valence-corrected chi connectivity index (χ1v) is 14.1. The monoisotopic (exact) mass is 631 g/mol. The van der Waals surface area contributed by atoms with Crippen LogP contribution in [0.2, 0.25) is 0 Å². The number of carboxylic acid groups (broad SMARTS) is 2. The van der Waals surface area contributed by atoms with E-state index in [-0.39, 0.29) is 50.7 Å². The van der Waals surface area contributed by atoms with Gasteiger partial charge in [0.25, 0.3) is 0 Å². The number of fused-ring (bicyclic) bond motifs is 1. The highest BCUT2D eigenvalue weighted by atomic mass is 16.4. The molecule has 1 aromatic carbocycles. The molecule has 0 saturated carbocycles. The molecule has 0 bridgehead atoms. The van der Waals surface area contributed by atoms with Crippen LogP contribution in [0.1, 0.15) is 37.7 Å². The summed E-state index contributed by atoms with van der Waals surface area (Å²) in [6.07, 6.45) is 1.55. The Hall–Kier alpha value is -5.39. The normalized spacial score (nSPS) is 13.4. The summed E-state index contributed by atoms with van der Waals surface area (Å²) < 4.78 is 0. The summed E-state index contributed by atoms with van der Waals surface area (Å²) in [6.45, 7) is 0.386. The van der Waals surface area contributed by atoms with Gasteiger partial charge in [-0.3, -0.25) is 29.2 Å². The fraction of sp³-hybridized carbons (Fsp3) is 0.444. The number of rotatable bonds is 19. The topological polar surface area (TPSA) is 333 Å². The molecule has 4 unspecified atom stereocenters. The van der Waals surface area contributed by atoms with Gasteiger partial charge in [-0.05, 0) is 37.3 Å². The summed E-state index contributed by atoms with van der Waals surface area (Å²) in [5.74, 6) is -5.64. The molecule has 0 spiro atoms. The fourth-order valence-corrected chi connectivity index (χ4v) is 4.35. The van der Waals surface area contributed by atoms with Gasteiger partial charge in [0.15, 0.2) is 11.9 Å². The van der Waals surface area contributed by atoms with Gasteiger partial charge in [-0.15, -0.1) is 0 Å². The van der Waals surface area contributed by atoms with Crippen molar-refractivity contribution in [3.63, 3.8) is 0 Å². The van der Waals surface area contributed by atoms with Crippen LogP contribution in [0.3, 0.4) is 0 Å². The van der Waals surface area contributed by atoms with Crippen LogP contribution in [0.4, 0.5) is 0 Å². The molecule has 246 valence electrons. The van der Waals surface area contributed by atoms with E-state index in [9.17, 15) is 29.1 Å². The predicted octanol–water partition coefficient (Wildman–Crippen LogP) is -2.84. The minimum absolute atomic E-state index is 0.0489. The van der Waals surface area contributed by atoms with Crippen LogP contribution in [-0.2, 0) is 30.4 Å². The standard InChI is InChI=1S/C27H41N11O7/c28-16(6-3-9-33-26(29)30)22(41)36-18(8-4-10-34-27(31)32)23(42)37-19(24(43)38-20(25(44)45)12-21(39)40)11-14-13-35-17-7-2-1-5-15(14)17/h1-2,5,7,13,16,18-20,35H,3-4,6,8-12,28H2,(H,36,41)(H,37,42)(H,38,43)(H,39,40)(H,44,45)(H4,29,30,33)(H4,31,32,34). The number of nitrogens with two attached hydrogens (primary N) is 5. The maximum Gasteiger partial charge on any atom is 0.326 e. The molecule has 0 aliphatic rings. The molecule has 1 aromatic heterocycles. The number of aliphatic carboxylic acids is 2. The Labute approximate surface area is 258 Å². The van der Waals surface area contributed by atoms with Gasteiger partial charge in [-0.2, -0.15) is 0 Å². The third-order valence-electron chi connectivity index (χ3n) is 6.61. The number of nitrogens with one attached hydrogen (secondary N) is 4. The smallest absolute Gasteiger partial charge is 0.326 e. The lowest BCUT2D eigenvalue weighted by Gasteiger charge is -2.25. The van der Waals surface area contributed by atoms with Crippen molar-refractivity contribution in [1.29, 1.82) is 0 Å². The first-order chi connectivity index (χ1) is 21.3. The number of hydrogen-bond donors (Lipinski definition) is 11. The second kappa shape index (κ2) is 17.7. The zero-order chi connectivity index (χ0) is 33.5. The van der Waals surface area contributed by atoms with Crippen molar-refractivity contribution >= 4 is 52.5 Å². The molecule has 0 fully saturated rings. The van der Waals surface area contributed by atoms with Gasteiger partial charge in [0, 0.05) is 36.6 Å². The van der Waals surface area contributed by atoms with E-state index in [0.29, 0.717) is 12.0 Å². The first-order valence-electron chi connectivity index (χ1n) is 14.1. The number of hydrogen-bond acceptors (Lipinski definition) is 8. The molecule has 18 heteroatoms. The average Bonchev–Trinajstić information content (AvgIpc) is 3.37. The molecular formula is C27H41N11O7. The number of carboxylic acids is 2. The number of aliphatic imine (C=N–C) groups is 2. The fourth-order valence-electron chi connectivity index (χ4n) is 4.35. The van der Waals surface area contributed by atoms with Gasteiger partial charge >= 0.3 is 11.9 Å². The van der Waals surface area contributed by atoms with E-state index in [1.165, 1.54) is 0 Å². The first kappa shape index (κ1) is 35.8. The highest BCUT2D eigenvalue weighted by Crippen LogP contribution is 2.19. The Bertz CT molecular complexity index is 1400. The number of guanidine groups is 2. The molecule has 4 atom stereocenters. The van der Waals surface area contributed by atoms with Crippen molar-refractivity contribution in [2.45, 2.75) is 62.7 Å². The van der Waals surface area contributed by atoms with Gasteiger partial charge in [-0.1, -0.05) is 18.2 Å². The van der Waals surface area contributed by atoms with Gasteiger partial charge in [0.05, 0.1) is 12.5 Å². The number of benzene rings is 1. The maximum atomic E-state index is 13.6. The zero-order valence-corrected chi connectivity index (χ0v) is 24.6. The summed E-state index contributed by atoms with van der Waals surface area (Å²) in [5.41, 5.74) is 28.7. The highest BCUT2D eigenvalue weighted by Gasteiger charge is 2.31. The average molecular weight is 632 g/mol. The van der Waals surface area contributed by atoms with E-state index in [1.807, 2.05) is 6.07 Å². The van der Waals surface area contributed by atoms with Crippen molar-refractivity contribution in [2.75, 3.05) is 13.1 Å². The van der Waals surface area contributed by atoms with Crippen molar-refractivity contribution in [3.8, 4) is 0 Å². The molecule has 1 heterocycles. The largest absolute Gasteiger partial charge is 0.481 e. The van der Waals surface area contributed by atoms with Gasteiger partial charge < -0.3 is 59.8 Å². The molecule has 2 aromatic rings. The molecule has 2 rings (SSSR count). The molecule has 0 aliphatic heterocycles. The molecule has 0 aliphatic carbocycles. The number of carbonyl (C=O) groups excluding carboxylic acids is 3. The maximum absolute atomic E-state index is 13.6. The minimum atomic E-state index is -1.76. The summed E-state index contributed by atoms with van der Waals surface area (Å²) in [5, 5.41) is 26.7. The molecular weight excluding hydrogens is 590 g/mol. The van der Waals surface area contributed by atoms with Crippen LogP contribution in [0, 0.1) is 0 Å².